The zero-order chi connectivity index (χ0) is 23.4. The van der Waals surface area contributed by atoms with Crippen LogP contribution in [-0.2, 0) is 19.4 Å². The number of rotatable bonds is 7. The molecule has 0 bridgehead atoms. The van der Waals surface area contributed by atoms with Gasteiger partial charge in [-0.1, -0.05) is 42.5 Å². The van der Waals surface area contributed by atoms with Gasteiger partial charge < -0.3 is 9.64 Å². The van der Waals surface area contributed by atoms with Crippen LogP contribution in [0.3, 0.4) is 0 Å². The predicted molar refractivity (Wildman–Crippen MR) is 125 cm³/mol. The van der Waals surface area contributed by atoms with E-state index in [9.17, 15) is 22.8 Å². The van der Waals surface area contributed by atoms with Gasteiger partial charge in [0.1, 0.15) is 0 Å². The highest BCUT2D eigenvalue weighted by atomic mass is 32.2. The second-order valence-corrected chi connectivity index (χ2v) is 10.8. The summed E-state index contributed by atoms with van der Waals surface area (Å²) in [5.74, 6) is -1.76. The normalized spacial score (nSPS) is 16.8. The Labute approximate surface area is 195 Å². The van der Waals surface area contributed by atoms with Gasteiger partial charge in [0.2, 0.25) is 5.78 Å². The SMILES string of the molecule is O=C(OCC(=O)N(c1ccccc1)[C@@H]1CCS(=O)(=O)C1)c1ccccc1C(=O)c1cccs1. The van der Waals surface area contributed by atoms with Crippen LogP contribution in [0.2, 0.25) is 0 Å². The van der Waals surface area contributed by atoms with E-state index >= 15 is 0 Å². The minimum Gasteiger partial charge on any atom is -0.452 e. The van der Waals surface area contributed by atoms with Gasteiger partial charge in [0.05, 0.1) is 28.0 Å². The molecule has 0 spiro atoms. The van der Waals surface area contributed by atoms with Gasteiger partial charge in [-0.2, -0.15) is 0 Å². The van der Waals surface area contributed by atoms with Gasteiger partial charge in [-0.3, -0.25) is 9.59 Å². The number of ether oxygens (including phenoxy) is 1. The smallest absolute Gasteiger partial charge is 0.339 e. The summed E-state index contributed by atoms with van der Waals surface area (Å²) >= 11 is 1.27. The Morgan fingerprint density at radius 3 is 2.27 bits per heavy atom. The molecule has 170 valence electrons. The molecule has 7 nitrogen and oxygen atoms in total. The van der Waals surface area contributed by atoms with Crippen molar-refractivity contribution in [2.45, 2.75) is 12.5 Å². The lowest BCUT2D eigenvalue weighted by molar-refractivity contribution is -0.122. The van der Waals surface area contributed by atoms with Crippen molar-refractivity contribution >= 4 is 44.5 Å². The fourth-order valence-corrected chi connectivity index (χ4v) is 6.18. The highest BCUT2D eigenvalue weighted by Crippen LogP contribution is 2.25. The van der Waals surface area contributed by atoms with E-state index in [1.807, 2.05) is 0 Å². The molecule has 0 saturated carbocycles. The van der Waals surface area contributed by atoms with E-state index in [0.717, 1.165) is 0 Å². The molecule has 0 N–H and O–H groups in total. The molecule has 1 amide bonds. The van der Waals surface area contributed by atoms with Crippen LogP contribution in [0.15, 0.2) is 72.1 Å². The maximum Gasteiger partial charge on any atom is 0.339 e. The van der Waals surface area contributed by atoms with Gasteiger partial charge >= 0.3 is 5.97 Å². The number of thiophene rings is 1. The monoisotopic (exact) mass is 483 g/mol. The maximum atomic E-state index is 13.1. The van der Waals surface area contributed by atoms with E-state index in [1.54, 1.807) is 66.0 Å². The van der Waals surface area contributed by atoms with Crippen LogP contribution in [-0.4, -0.2) is 50.2 Å². The lowest BCUT2D eigenvalue weighted by Gasteiger charge is -2.28. The number of nitrogens with zero attached hydrogens (tertiary/aromatic N) is 1. The van der Waals surface area contributed by atoms with Crippen LogP contribution in [0.4, 0.5) is 5.69 Å². The number of benzene rings is 2. The van der Waals surface area contributed by atoms with E-state index in [4.69, 9.17) is 4.74 Å². The van der Waals surface area contributed by atoms with Crippen LogP contribution >= 0.6 is 11.3 Å². The molecule has 1 aliphatic heterocycles. The first-order chi connectivity index (χ1) is 15.9. The van der Waals surface area contributed by atoms with Crippen LogP contribution < -0.4 is 4.90 Å². The van der Waals surface area contributed by atoms with E-state index in [0.29, 0.717) is 17.0 Å². The van der Waals surface area contributed by atoms with Gasteiger partial charge in [0.25, 0.3) is 5.91 Å². The quantitative estimate of drug-likeness (QED) is 0.378. The molecule has 1 atom stereocenters. The maximum absolute atomic E-state index is 13.1. The number of hydrogen-bond donors (Lipinski definition) is 0. The first-order valence-electron chi connectivity index (χ1n) is 10.3. The van der Waals surface area contributed by atoms with Gasteiger partial charge in [-0.15, -0.1) is 11.3 Å². The Balaban J connectivity index is 1.52. The molecule has 0 unspecified atom stereocenters. The fourth-order valence-electron chi connectivity index (χ4n) is 3.80. The van der Waals surface area contributed by atoms with E-state index in [1.165, 1.54) is 22.3 Å². The van der Waals surface area contributed by atoms with Crippen molar-refractivity contribution in [3.8, 4) is 0 Å². The molecule has 0 radical (unpaired) electrons. The summed E-state index contributed by atoms with van der Waals surface area (Å²) < 4.78 is 29.3. The number of carbonyl (C=O) groups excluding carboxylic acids is 3. The second kappa shape index (κ2) is 9.68. The summed E-state index contributed by atoms with van der Waals surface area (Å²) in [4.78, 5) is 40.5. The van der Waals surface area contributed by atoms with E-state index in [-0.39, 0.29) is 28.4 Å². The molecule has 3 aromatic rings. The first kappa shape index (κ1) is 22.9. The molecule has 0 aliphatic carbocycles. The molecular weight excluding hydrogens is 462 g/mol. The van der Waals surface area contributed by atoms with Crippen LogP contribution in [0.25, 0.3) is 0 Å². The van der Waals surface area contributed by atoms with Gasteiger partial charge in [-0.25, -0.2) is 13.2 Å². The highest BCUT2D eigenvalue weighted by molar-refractivity contribution is 7.91. The minimum atomic E-state index is -3.23. The molecular formula is C24H21NO6S2. The fraction of sp³-hybridized carbons (Fsp3) is 0.208. The van der Waals surface area contributed by atoms with E-state index in [2.05, 4.69) is 0 Å². The number of esters is 1. The molecule has 33 heavy (non-hydrogen) atoms. The Morgan fingerprint density at radius 1 is 0.939 bits per heavy atom. The number of para-hydroxylation sites is 1. The Bertz CT molecular complexity index is 1270. The van der Waals surface area contributed by atoms with Crippen molar-refractivity contribution in [2.75, 3.05) is 23.0 Å². The third-order valence-corrected chi connectivity index (χ3v) is 7.96. The Kier molecular flexibility index (Phi) is 6.71. The number of sulfone groups is 1. The molecule has 1 fully saturated rings. The van der Waals surface area contributed by atoms with Gasteiger partial charge in [0, 0.05) is 11.3 Å². The molecule has 9 heteroatoms. The zero-order valence-electron chi connectivity index (χ0n) is 17.5. The number of carbonyl (C=O) groups is 3. The van der Waals surface area contributed by atoms with E-state index < -0.39 is 34.4 Å². The van der Waals surface area contributed by atoms with Crippen molar-refractivity contribution in [1.29, 1.82) is 0 Å². The third-order valence-electron chi connectivity index (χ3n) is 5.34. The molecule has 1 aliphatic rings. The average molecular weight is 484 g/mol. The summed E-state index contributed by atoms with van der Waals surface area (Å²) in [5, 5.41) is 1.77. The predicted octanol–water partition coefficient (Wildman–Crippen LogP) is 3.36. The zero-order valence-corrected chi connectivity index (χ0v) is 19.2. The van der Waals surface area contributed by atoms with Crippen molar-refractivity contribution < 1.29 is 27.5 Å². The molecule has 2 heterocycles. The number of anilines is 1. The lowest BCUT2D eigenvalue weighted by Crippen LogP contribution is -2.43. The van der Waals surface area contributed by atoms with Crippen LogP contribution in [0, 0.1) is 0 Å². The van der Waals surface area contributed by atoms with Crippen molar-refractivity contribution in [3.63, 3.8) is 0 Å². The summed E-state index contributed by atoms with van der Waals surface area (Å²) in [6, 6.07) is 17.9. The highest BCUT2D eigenvalue weighted by Gasteiger charge is 2.36. The number of ketones is 1. The van der Waals surface area contributed by atoms with Crippen molar-refractivity contribution in [1.82, 2.24) is 0 Å². The standard InChI is InChI=1S/C24H21NO6S2/c26-22(25(17-7-2-1-3-8-17)18-12-14-33(29,30)16-18)15-31-24(28)20-10-5-4-9-19(20)23(27)21-11-6-13-32-21/h1-11,13,18H,12,14-16H2/t18-/m1/s1. The lowest BCUT2D eigenvalue weighted by atomic mass is 10.0. The first-order valence-corrected chi connectivity index (χ1v) is 13.0. The second-order valence-electron chi connectivity index (χ2n) is 7.58. The average Bonchev–Trinajstić information content (AvgIpc) is 3.48. The van der Waals surface area contributed by atoms with Crippen LogP contribution in [0.5, 0.6) is 0 Å². The topological polar surface area (TPSA) is 97.8 Å². The Hall–Kier alpha value is -3.30. The van der Waals surface area contributed by atoms with Crippen molar-refractivity contribution in [2.24, 2.45) is 0 Å². The molecule has 1 aromatic heterocycles. The number of hydrogen-bond acceptors (Lipinski definition) is 7. The number of amides is 1. The molecule has 2 aromatic carbocycles. The van der Waals surface area contributed by atoms with Crippen LogP contribution in [0.1, 0.15) is 32.0 Å². The summed E-state index contributed by atoms with van der Waals surface area (Å²) in [7, 11) is -3.23. The Morgan fingerprint density at radius 2 is 1.64 bits per heavy atom. The molecule has 4 rings (SSSR count). The van der Waals surface area contributed by atoms with Crippen molar-refractivity contribution in [3.05, 3.63) is 88.1 Å². The third kappa shape index (κ3) is 5.20. The summed E-state index contributed by atoms with van der Waals surface area (Å²) in [6.07, 6.45) is 0.315. The van der Waals surface area contributed by atoms with Gasteiger partial charge in [-0.05, 0) is 36.1 Å². The molecule has 1 saturated heterocycles. The summed E-state index contributed by atoms with van der Waals surface area (Å²) in [6.45, 7) is -0.578. The minimum absolute atomic E-state index is 0.00623. The van der Waals surface area contributed by atoms with Gasteiger partial charge in [0.15, 0.2) is 16.4 Å². The summed E-state index contributed by atoms with van der Waals surface area (Å²) in [5.41, 5.74) is 0.798. The largest absolute Gasteiger partial charge is 0.452 e.